The van der Waals surface area contributed by atoms with E-state index in [1.54, 1.807) is 6.07 Å². The van der Waals surface area contributed by atoms with Gasteiger partial charge in [0.15, 0.2) is 0 Å². The van der Waals surface area contributed by atoms with E-state index in [0.717, 1.165) is 0 Å². The Bertz CT molecular complexity index is 320. The lowest BCUT2D eigenvalue weighted by molar-refractivity contribution is 0.115. The zero-order valence-electron chi connectivity index (χ0n) is 7.25. The number of benzene rings is 1. The minimum absolute atomic E-state index is 0.0932. The molecule has 0 aliphatic carbocycles. The van der Waals surface area contributed by atoms with Gasteiger partial charge in [-0.1, -0.05) is 23.7 Å². The molecule has 0 aliphatic heterocycles. The van der Waals surface area contributed by atoms with Crippen molar-refractivity contribution in [3.8, 4) is 5.75 Å². The van der Waals surface area contributed by atoms with Crippen LogP contribution in [0.25, 0.3) is 0 Å². The lowest BCUT2D eigenvalue weighted by Crippen LogP contribution is -2.30. The van der Waals surface area contributed by atoms with Crippen molar-refractivity contribution < 1.29 is 13.9 Å². The highest BCUT2D eigenvalue weighted by molar-refractivity contribution is 6.32. The molecule has 0 aliphatic rings. The molecule has 3 N–H and O–H groups in total. The van der Waals surface area contributed by atoms with E-state index in [1.165, 1.54) is 12.1 Å². The number of nitrogens with two attached hydrogens (primary N) is 1. The predicted octanol–water partition coefficient (Wildman–Crippen LogP) is 2.18. The molecular formula is C9H10ClF2NO. The number of aromatic hydroxyl groups is 1. The Hall–Kier alpha value is -0.870. The third kappa shape index (κ3) is 2.56. The molecule has 5 heteroatoms. The molecule has 1 unspecified atom stereocenters. The average molecular weight is 222 g/mol. The van der Waals surface area contributed by atoms with Gasteiger partial charge in [0.2, 0.25) is 0 Å². The minimum Gasteiger partial charge on any atom is -0.506 e. The van der Waals surface area contributed by atoms with E-state index in [-0.39, 0.29) is 17.2 Å². The van der Waals surface area contributed by atoms with Gasteiger partial charge < -0.3 is 10.8 Å². The van der Waals surface area contributed by atoms with Crippen LogP contribution in [0.3, 0.4) is 0 Å². The molecule has 0 fully saturated rings. The van der Waals surface area contributed by atoms with Crippen molar-refractivity contribution in [2.45, 2.75) is 18.9 Å². The quantitative estimate of drug-likeness (QED) is 0.822. The van der Waals surface area contributed by atoms with Crippen LogP contribution in [-0.2, 0) is 6.42 Å². The Morgan fingerprint density at radius 2 is 2.07 bits per heavy atom. The Kier molecular flexibility index (Phi) is 3.66. The van der Waals surface area contributed by atoms with Crippen LogP contribution in [0.2, 0.25) is 5.02 Å². The number of phenols is 1. The zero-order valence-corrected chi connectivity index (χ0v) is 8.01. The van der Waals surface area contributed by atoms with E-state index >= 15 is 0 Å². The number of rotatable bonds is 3. The fourth-order valence-corrected chi connectivity index (χ4v) is 1.26. The Morgan fingerprint density at radius 1 is 1.43 bits per heavy atom. The van der Waals surface area contributed by atoms with Crippen molar-refractivity contribution in [2.24, 2.45) is 5.73 Å². The number of hydrogen-bond donors (Lipinski definition) is 2. The zero-order chi connectivity index (χ0) is 10.7. The number of halogens is 3. The summed E-state index contributed by atoms with van der Waals surface area (Å²) in [5.41, 5.74) is 5.50. The summed E-state index contributed by atoms with van der Waals surface area (Å²) < 4.78 is 24.2. The van der Waals surface area contributed by atoms with Crippen LogP contribution in [0.5, 0.6) is 5.75 Å². The molecule has 14 heavy (non-hydrogen) atoms. The molecule has 1 rings (SSSR count). The van der Waals surface area contributed by atoms with Gasteiger partial charge in [-0.25, -0.2) is 8.78 Å². The van der Waals surface area contributed by atoms with Gasteiger partial charge in [0.1, 0.15) is 5.75 Å². The lowest BCUT2D eigenvalue weighted by Gasteiger charge is -2.11. The molecule has 0 saturated heterocycles. The van der Waals surface area contributed by atoms with Crippen LogP contribution in [0.15, 0.2) is 18.2 Å². The van der Waals surface area contributed by atoms with E-state index in [9.17, 15) is 13.9 Å². The van der Waals surface area contributed by atoms with Gasteiger partial charge in [0.05, 0.1) is 11.1 Å². The van der Waals surface area contributed by atoms with Crippen molar-refractivity contribution in [2.75, 3.05) is 0 Å². The van der Waals surface area contributed by atoms with Crippen LogP contribution in [-0.4, -0.2) is 17.6 Å². The van der Waals surface area contributed by atoms with Crippen LogP contribution >= 0.6 is 11.6 Å². The summed E-state index contributed by atoms with van der Waals surface area (Å²) in [7, 11) is 0. The second kappa shape index (κ2) is 4.57. The second-order valence-electron chi connectivity index (χ2n) is 2.95. The van der Waals surface area contributed by atoms with Gasteiger partial charge in [-0.2, -0.15) is 0 Å². The Morgan fingerprint density at radius 3 is 2.64 bits per heavy atom. The number of phenolic OH excluding ortho intramolecular Hbond substituents is 1. The Balaban J connectivity index is 2.82. The van der Waals surface area contributed by atoms with E-state index in [4.69, 9.17) is 17.3 Å². The van der Waals surface area contributed by atoms with Gasteiger partial charge in [-0.05, 0) is 18.1 Å². The third-order valence-corrected chi connectivity index (χ3v) is 2.15. The van der Waals surface area contributed by atoms with E-state index < -0.39 is 12.5 Å². The largest absolute Gasteiger partial charge is 0.506 e. The lowest BCUT2D eigenvalue weighted by atomic mass is 10.1. The van der Waals surface area contributed by atoms with Crippen molar-refractivity contribution in [1.29, 1.82) is 0 Å². The van der Waals surface area contributed by atoms with Crippen LogP contribution in [0.1, 0.15) is 5.56 Å². The molecule has 0 aromatic heterocycles. The first-order chi connectivity index (χ1) is 6.52. The molecule has 78 valence electrons. The van der Waals surface area contributed by atoms with Crippen molar-refractivity contribution in [1.82, 2.24) is 0 Å². The first-order valence-electron chi connectivity index (χ1n) is 4.02. The summed E-state index contributed by atoms with van der Waals surface area (Å²) in [4.78, 5) is 0. The predicted molar refractivity (Wildman–Crippen MR) is 50.8 cm³/mol. The van der Waals surface area contributed by atoms with Gasteiger partial charge in [0.25, 0.3) is 6.43 Å². The summed E-state index contributed by atoms with van der Waals surface area (Å²) in [6.07, 6.45) is -2.70. The molecule has 0 saturated carbocycles. The molecule has 0 radical (unpaired) electrons. The van der Waals surface area contributed by atoms with Crippen LogP contribution in [0, 0.1) is 0 Å². The van der Waals surface area contributed by atoms with Crippen LogP contribution < -0.4 is 5.73 Å². The highest BCUT2D eigenvalue weighted by Crippen LogP contribution is 2.28. The summed E-state index contributed by atoms with van der Waals surface area (Å²) >= 11 is 5.60. The minimum atomic E-state index is -2.60. The van der Waals surface area contributed by atoms with E-state index in [2.05, 4.69) is 0 Å². The Labute approximate surface area is 85.3 Å². The monoisotopic (exact) mass is 221 g/mol. The van der Waals surface area contributed by atoms with Gasteiger partial charge in [-0.3, -0.25) is 0 Å². The molecule has 0 spiro atoms. The molecule has 0 bridgehead atoms. The molecule has 2 nitrogen and oxygen atoms in total. The van der Waals surface area contributed by atoms with Gasteiger partial charge in [-0.15, -0.1) is 0 Å². The maximum absolute atomic E-state index is 12.1. The summed E-state index contributed by atoms with van der Waals surface area (Å²) in [6, 6.07) is 3.30. The van der Waals surface area contributed by atoms with Crippen molar-refractivity contribution in [3.63, 3.8) is 0 Å². The SMILES string of the molecule is NC(Cc1cccc(Cl)c1O)C(F)F. The standard InChI is InChI=1S/C9H10ClF2NO/c10-6-3-1-2-5(8(6)14)4-7(13)9(11)12/h1-3,7,9,14H,4,13H2. The average Bonchev–Trinajstić information content (AvgIpc) is 2.12. The topological polar surface area (TPSA) is 46.2 Å². The fourth-order valence-electron chi connectivity index (χ4n) is 1.07. The molecule has 0 heterocycles. The highest BCUT2D eigenvalue weighted by Gasteiger charge is 2.17. The van der Waals surface area contributed by atoms with Crippen molar-refractivity contribution in [3.05, 3.63) is 28.8 Å². The van der Waals surface area contributed by atoms with Crippen LogP contribution in [0.4, 0.5) is 8.78 Å². The normalized spacial score (nSPS) is 13.2. The fraction of sp³-hybridized carbons (Fsp3) is 0.333. The smallest absolute Gasteiger partial charge is 0.253 e. The summed E-state index contributed by atoms with van der Waals surface area (Å²) in [6.45, 7) is 0. The molecule has 1 atom stereocenters. The first kappa shape index (κ1) is 11.2. The maximum atomic E-state index is 12.1. The summed E-state index contributed by atoms with van der Waals surface area (Å²) in [5, 5.41) is 9.54. The molecular weight excluding hydrogens is 212 g/mol. The summed E-state index contributed by atoms with van der Waals surface area (Å²) in [5.74, 6) is -0.176. The van der Waals surface area contributed by atoms with Gasteiger partial charge in [0, 0.05) is 0 Å². The van der Waals surface area contributed by atoms with Crippen molar-refractivity contribution >= 4 is 11.6 Å². The second-order valence-corrected chi connectivity index (χ2v) is 3.36. The highest BCUT2D eigenvalue weighted by atomic mass is 35.5. The third-order valence-electron chi connectivity index (χ3n) is 1.85. The van der Waals surface area contributed by atoms with E-state index in [0.29, 0.717) is 5.56 Å². The van der Waals surface area contributed by atoms with Gasteiger partial charge >= 0.3 is 0 Å². The molecule has 1 aromatic carbocycles. The molecule has 0 amide bonds. The number of para-hydroxylation sites is 1. The first-order valence-corrected chi connectivity index (χ1v) is 4.40. The number of alkyl halides is 2. The number of hydrogen-bond acceptors (Lipinski definition) is 2. The molecule has 1 aromatic rings. The maximum Gasteiger partial charge on any atom is 0.253 e. The van der Waals surface area contributed by atoms with E-state index in [1.807, 2.05) is 0 Å².